The lowest BCUT2D eigenvalue weighted by molar-refractivity contribution is -0.385. The molecule has 1 fully saturated rings. The molecule has 1 aliphatic rings. The molecule has 0 spiro atoms. The molecule has 1 aliphatic carbocycles. The summed E-state index contributed by atoms with van der Waals surface area (Å²) in [7, 11) is 0. The zero-order valence-electron chi connectivity index (χ0n) is 15.6. The second-order valence-electron chi connectivity index (χ2n) is 6.74. The summed E-state index contributed by atoms with van der Waals surface area (Å²) in [4.78, 5) is 34.5. The van der Waals surface area contributed by atoms with Crippen LogP contribution in [0.5, 0.6) is 0 Å². The van der Waals surface area contributed by atoms with Crippen LogP contribution < -0.4 is 10.7 Å². The van der Waals surface area contributed by atoms with Crippen LogP contribution in [-0.2, 0) is 4.79 Å². The predicted octanol–water partition coefficient (Wildman–Crippen LogP) is 3.41. The lowest BCUT2D eigenvalue weighted by atomic mass is 10.1. The van der Waals surface area contributed by atoms with Gasteiger partial charge in [-0.15, -0.1) is 0 Å². The Morgan fingerprint density at radius 3 is 2.36 bits per heavy atom. The Hall–Kier alpha value is -3.55. The minimum absolute atomic E-state index is 0.0394. The van der Waals surface area contributed by atoms with E-state index in [9.17, 15) is 19.7 Å². The molecule has 2 aromatic carbocycles. The lowest BCUT2D eigenvalue weighted by Gasteiger charge is -2.07. The SMILES string of the molecule is C/C(=N/NC(=O)c1ccc(C)c([N+](=O)[O-])c1)c1ccc(NC(=O)C2CC2)cc1. The molecule has 0 atom stereocenters. The number of carbonyl (C=O) groups excluding carboxylic acids is 2. The number of rotatable bonds is 6. The zero-order valence-corrected chi connectivity index (χ0v) is 15.6. The summed E-state index contributed by atoms with van der Waals surface area (Å²) in [6.07, 6.45) is 1.89. The Morgan fingerprint density at radius 2 is 1.75 bits per heavy atom. The summed E-state index contributed by atoms with van der Waals surface area (Å²) in [6, 6.07) is 11.4. The Bertz CT molecular complexity index is 963. The smallest absolute Gasteiger partial charge is 0.273 e. The average Bonchev–Trinajstić information content (AvgIpc) is 3.52. The molecule has 8 nitrogen and oxygen atoms in total. The highest BCUT2D eigenvalue weighted by Crippen LogP contribution is 2.30. The number of nitrogens with one attached hydrogen (secondary N) is 2. The maximum absolute atomic E-state index is 12.2. The third kappa shape index (κ3) is 4.59. The van der Waals surface area contributed by atoms with E-state index in [4.69, 9.17) is 0 Å². The first-order valence-corrected chi connectivity index (χ1v) is 8.86. The van der Waals surface area contributed by atoms with Gasteiger partial charge in [-0.05, 0) is 50.5 Å². The van der Waals surface area contributed by atoms with Gasteiger partial charge in [-0.2, -0.15) is 5.10 Å². The van der Waals surface area contributed by atoms with Crippen LogP contribution >= 0.6 is 0 Å². The third-order valence-corrected chi connectivity index (χ3v) is 4.51. The van der Waals surface area contributed by atoms with Gasteiger partial charge in [0.15, 0.2) is 0 Å². The molecule has 0 saturated heterocycles. The van der Waals surface area contributed by atoms with Crippen molar-refractivity contribution in [3.05, 3.63) is 69.3 Å². The number of nitrogens with zero attached hydrogens (tertiary/aromatic N) is 2. The van der Waals surface area contributed by atoms with Crippen LogP contribution in [0.25, 0.3) is 0 Å². The Labute approximate surface area is 161 Å². The van der Waals surface area contributed by atoms with E-state index in [1.807, 2.05) is 0 Å². The highest BCUT2D eigenvalue weighted by Gasteiger charge is 2.29. The van der Waals surface area contributed by atoms with Crippen LogP contribution in [0.2, 0.25) is 0 Å². The number of hydrazone groups is 1. The maximum Gasteiger partial charge on any atom is 0.273 e. The van der Waals surface area contributed by atoms with Gasteiger partial charge in [0.25, 0.3) is 11.6 Å². The number of amides is 2. The fourth-order valence-electron chi connectivity index (χ4n) is 2.60. The molecule has 0 bridgehead atoms. The molecule has 1 saturated carbocycles. The largest absolute Gasteiger partial charge is 0.326 e. The van der Waals surface area contributed by atoms with E-state index in [0.29, 0.717) is 17.0 Å². The van der Waals surface area contributed by atoms with Gasteiger partial charge in [0, 0.05) is 28.8 Å². The Balaban J connectivity index is 1.64. The predicted molar refractivity (Wildman–Crippen MR) is 105 cm³/mol. The molecule has 0 heterocycles. The van der Waals surface area contributed by atoms with Gasteiger partial charge in [0.1, 0.15) is 0 Å². The van der Waals surface area contributed by atoms with E-state index in [2.05, 4.69) is 15.8 Å². The molecule has 2 aromatic rings. The fourth-order valence-corrected chi connectivity index (χ4v) is 2.60. The van der Waals surface area contributed by atoms with Gasteiger partial charge in [-0.25, -0.2) is 5.43 Å². The number of hydrogen-bond acceptors (Lipinski definition) is 5. The third-order valence-electron chi connectivity index (χ3n) is 4.51. The molecular weight excluding hydrogens is 360 g/mol. The summed E-state index contributed by atoms with van der Waals surface area (Å²) < 4.78 is 0. The van der Waals surface area contributed by atoms with Crippen LogP contribution in [0, 0.1) is 23.0 Å². The molecule has 3 rings (SSSR count). The number of carbonyl (C=O) groups is 2. The topological polar surface area (TPSA) is 114 Å². The van der Waals surface area contributed by atoms with E-state index in [0.717, 1.165) is 18.4 Å². The van der Waals surface area contributed by atoms with Crippen LogP contribution in [0.4, 0.5) is 11.4 Å². The van der Waals surface area contributed by atoms with Gasteiger partial charge in [-0.3, -0.25) is 19.7 Å². The summed E-state index contributed by atoms with van der Waals surface area (Å²) in [6.45, 7) is 3.34. The van der Waals surface area contributed by atoms with Crippen molar-refractivity contribution in [3.63, 3.8) is 0 Å². The van der Waals surface area contributed by atoms with Crippen molar-refractivity contribution < 1.29 is 14.5 Å². The van der Waals surface area contributed by atoms with Crippen LogP contribution in [-0.4, -0.2) is 22.4 Å². The fraction of sp³-hybridized carbons (Fsp3) is 0.250. The van der Waals surface area contributed by atoms with E-state index >= 15 is 0 Å². The average molecular weight is 380 g/mol. The first kappa shape index (κ1) is 19.2. The van der Waals surface area contributed by atoms with E-state index in [-0.39, 0.29) is 23.1 Å². The minimum atomic E-state index is -0.532. The summed E-state index contributed by atoms with van der Waals surface area (Å²) in [5.74, 6) is -0.357. The molecule has 0 unspecified atom stereocenters. The molecule has 0 radical (unpaired) electrons. The van der Waals surface area contributed by atoms with Crippen molar-refractivity contribution in [2.75, 3.05) is 5.32 Å². The molecule has 2 N–H and O–H groups in total. The quantitative estimate of drug-likeness (QED) is 0.454. The Morgan fingerprint density at radius 1 is 1.11 bits per heavy atom. The number of hydrogen-bond donors (Lipinski definition) is 2. The summed E-state index contributed by atoms with van der Waals surface area (Å²) in [5.41, 5.74) is 4.99. The minimum Gasteiger partial charge on any atom is -0.326 e. The van der Waals surface area contributed by atoms with E-state index in [1.165, 1.54) is 18.2 Å². The normalized spacial score (nSPS) is 13.7. The monoisotopic (exact) mass is 380 g/mol. The van der Waals surface area contributed by atoms with Gasteiger partial charge < -0.3 is 5.32 Å². The van der Waals surface area contributed by atoms with Crippen molar-refractivity contribution in [1.82, 2.24) is 5.43 Å². The first-order valence-electron chi connectivity index (χ1n) is 8.86. The highest BCUT2D eigenvalue weighted by atomic mass is 16.6. The molecule has 144 valence electrons. The van der Waals surface area contributed by atoms with Gasteiger partial charge >= 0.3 is 0 Å². The highest BCUT2D eigenvalue weighted by molar-refractivity contribution is 6.01. The van der Waals surface area contributed by atoms with Crippen molar-refractivity contribution in [2.45, 2.75) is 26.7 Å². The van der Waals surface area contributed by atoms with Gasteiger partial charge in [0.2, 0.25) is 5.91 Å². The van der Waals surface area contributed by atoms with E-state index in [1.54, 1.807) is 38.1 Å². The summed E-state index contributed by atoms with van der Waals surface area (Å²) >= 11 is 0. The molecule has 8 heteroatoms. The number of aryl methyl sites for hydroxylation is 1. The number of nitro groups is 1. The number of nitro benzene ring substituents is 1. The molecule has 2 amide bonds. The number of benzene rings is 2. The first-order chi connectivity index (χ1) is 13.3. The van der Waals surface area contributed by atoms with Crippen molar-refractivity contribution >= 4 is 28.9 Å². The zero-order chi connectivity index (χ0) is 20.3. The lowest BCUT2D eigenvalue weighted by Crippen LogP contribution is -2.19. The van der Waals surface area contributed by atoms with Crippen molar-refractivity contribution in [2.24, 2.45) is 11.0 Å². The van der Waals surface area contributed by atoms with E-state index < -0.39 is 10.8 Å². The maximum atomic E-state index is 12.2. The number of anilines is 1. The van der Waals surface area contributed by atoms with Crippen LogP contribution in [0.3, 0.4) is 0 Å². The molecule has 0 aromatic heterocycles. The second kappa shape index (κ2) is 7.99. The van der Waals surface area contributed by atoms with Gasteiger partial charge in [-0.1, -0.05) is 18.2 Å². The van der Waals surface area contributed by atoms with Crippen LogP contribution in [0.15, 0.2) is 47.6 Å². The Kier molecular flexibility index (Phi) is 5.49. The second-order valence-corrected chi connectivity index (χ2v) is 6.74. The molecule has 28 heavy (non-hydrogen) atoms. The standard InChI is InChI=1S/C20H20N4O4/c1-12-3-4-16(11-18(12)24(27)28)20(26)23-22-13(2)14-7-9-17(10-8-14)21-19(25)15-5-6-15/h3-4,7-11,15H,5-6H2,1-2H3,(H,21,25)(H,23,26)/b22-13-. The molecular formula is C20H20N4O4. The van der Waals surface area contributed by atoms with Gasteiger partial charge in [0.05, 0.1) is 10.6 Å². The van der Waals surface area contributed by atoms with Crippen LogP contribution in [0.1, 0.15) is 41.3 Å². The van der Waals surface area contributed by atoms with Crippen molar-refractivity contribution in [3.8, 4) is 0 Å². The molecule has 0 aliphatic heterocycles. The summed E-state index contributed by atoms with van der Waals surface area (Å²) in [5, 5.41) is 17.9. The van der Waals surface area contributed by atoms with Crippen molar-refractivity contribution in [1.29, 1.82) is 0 Å².